The van der Waals surface area contributed by atoms with Crippen molar-refractivity contribution < 1.29 is 4.42 Å². The number of amidine groups is 2. The van der Waals surface area contributed by atoms with E-state index in [0.29, 0.717) is 18.2 Å². The number of benzene rings is 8. The van der Waals surface area contributed by atoms with Gasteiger partial charge in [-0.25, -0.2) is 9.98 Å². The van der Waals surface area contributed by atoms with Crippen LogP contribution in [-0.2, 0) is 12.0 Å². The number of furan rings is 1. The van der Waals surface area contributed by atoms with E-state index in [-0.39, 0.29) is 5.41 Å². The van der Waals surface area contributed by atoms with Gasteiger partial charge < -0.3 is 8.98 Å². The summed E-state index contributed by atoms with van der Waals surface area (Å²) >= 11 is 0. The number of rotatable bonds is 6. The number of hydrogen-bond acceptors (Lipinski definition) is 2. The number of aromatic nitrogens is 1. The van der Waals surface area contributed by atoms with Crippen LogP contribution in [0.25, 0.3) is 71.7 Å². The van der Waals surface area contributed by atoms with Crippen LogP contribution in [0.5, 0.6) is 0 Å². The topological polar surface area (TPSA) is 55.1 Å². The summed E-state index contributed by atoms with van der Waals surface area (Å²) in [5.74, 6) is 1.04. The molecule has 2 aromatic heterocycles. The van der Waals surface area contributed by atoms with E-state index in [2.05, 4.69) is 176 Å². The predicted molar refractivity (Wildman–Crippen MR) is 250 cm³/mol. The Bertz CT molecular complexity index is 3380. The van der Waals surface area contributed by atoms with Crippen LogP contribution >= 0.6 is 0 Å². The molecule has 10 aromatic rings. The summed E-state index contributed by atoms with van der Waals surface area (Å²) in [6.07, 6.45) is 0. The average Bonchev–Trinajstić information content (AvgIpc) is 3.91. The molecule has 0 unspecified atom stereocenters. The fraction of sp³-hybridized carbons (Fsp3) is 0.0727. The summed E-state index contributed by atoms with van der Waals surface area (Å²) in [6, 6.07) is 64.1. The molecule has 0 N–H and O–H groups in total. The molecule has 2 heterocycles. The lowest BCUT2D eigenvalue weighted by Gasteiger charge is -2.21. The van der Waals surface area contributed by atoms with Crippen molar-refractivity contribution in [2.24, 2.45) is 15.0 Å². The second kappa shape index (κ2) is 14.0. The summed E-state index contributed by atoms with van der Waals surface area (Å²) in [7, 11) is 0. The zero-order valence-electron chi connectivity index (χ0n) is 33.4. The molecule has 0 saturated heterocycles. The van der Waals surface area contributed by atoms with E-state index in [0.717, 1.165) is 55.4 Å². The summed E-state index contributed by atoms with van der Waals surface area (Å²) in [5, 5.41) is 4.62. The molecule has 5 nitrogen and oxygen atoms in total. The van der Waals surface area contributed by atoms with Gasteiger partial charge in [-0.1, -0.05) is 147 Å². The lowest BCUT2D eigenvalue weighted by atomic mass is 9.82. The van der Waals surface area contributed by atoms with Gasteiger partial charge in [0, 0.05) is 43.8 Å². The van der Waals surface area contributed by atoms with Crippen LogP contribution in [0.1, 0.15) is 41.7 Å². The van der Waals surface area contributed by atoms with E-state index in [4.69, 9.17) is 14.4 Å². The third-order valence-corrected chi connectivity index (χ3v) is 12.2. The molecule has 0 saturated carbocycles. The third-order valence-electron chi connectivity index (χ3n) is 12.2. The van der Waals surface area contributed by atoms with Crippen molar-refractivity contribution in [1.29, 1.82) is 0 Å². The van der Waals surface area contributed by atoms with E-state index in [1.807, 2.05) is 36.4 Å². The molecule has 1 aliphatic rings. The molecule has 60 heavy (non-hydrogen) atoms. The number of aliphatic imine (C=N–C) groups is 3. The van der Waals surface area contributed by atoms with Crippen LogP contribution in [-0.4, -0.2) is 23.0 Å². The lowest BCUT2D eigenvalue weighted by Crippen LogP contribution is -2.14. The highest BCUT2D eigenvalue weighted by Gasteiger charge is 2.36. The van der Waals surface area contributed by atoms with Crippen LogP contribution in [0.2, 0.25) is 0 Å². The van der Waals surface area contributed by atoms with E-state index in [1.165, 1.54) is 44.1 Å². The smallest absolute Gasteiger partial charge is 0.161 e. The molecule has 0 atom stereocenters. The highest BCUT2D eigenvalue weighted by Crippen LogP contribution is 2.51. The maximum atomic E-state index is 6.23. The Morgan fingerprint density at radius 3 is 2.10 bits per heavy atom. The Kier molecular flexibility index (Phi) is 8.31. The molecular formula is C55H40N4O. The van der Waals surface area contributed by atoms with Gasteiger partial charge in [0.2, 0.25) is 0 Å². The largest absolute Gasteiger partial charge is 0.456 e. The quantitative estimate of drug-likeness (QED) is 0.123. The van der Waals surface area contributed by atoms with Crippen LogP contribution in [0.15, 0.2) is 201 Å². The molecule has 8 aromatic carbocycles. The van der Waals surface area contributed by atoms with Gasteiger partial charge >= 0.3 is 0 Å². The molecule has 0 radical (unpaired) electrons. The standard InChI is InChI=1S/C55H40N4O/c1-55(2)47-21-10-7-18-41(47)45-33-50-46(32-48(45)55)42-19-8-11-22-49(42)59(50)40-17-13-14-35(30-40)34-57-54(38-26-24-37(25-27-38)36-15-5-4-6-16-36)58-53(56-3)39-28-29-44-43-20-9-12-23-51(43)60-52(44)31-39/h4-33H,3,34H2,1-2H3. The zero-order valence-corrected chi connectivity index (χ0v) is 33.4. The van der Waals surface area contributed by atoms with Crippen molar-refractivity contribution >= 4 is 62.1 Å². The lowest BCUT2D eigenvalue weighted by molar-refractivity contribution is 0.661. The second-order valence-corrected chi connectivity index (χ2v) is 16.1. The Labute approximate surface area is 348 Å². The first-order chi connectivity index (χ1) is 29.4. The third kappa shape index (κ3) is 5.81. The van der Waals surface area contributed by atoms with Gasteiger partial charge in [-0.3, -0.25) is 4.99 Å². The molecule has 1 aliphatic carbocycles. The molecule has 0 spiro atoms. The van der Waals surface area contributed by atoms with Crippen molar-refractivity contribution in [1.82, 2.24) is 4.57 Å². The van der Waals surface area contributed by atoms with E-state index in [1.54, 1.807) is 0 Å². The molecule has 5 heteroatoms. The monoisotopic (exact) mass is 772 g/mol. The van der Waals surface area contributed by atoms with Crippen LogP contribution in [0.3, 0.4) is 0 Å². The van der Waals surface area contributed by atoms with Gasteiger partial charge in [-0.2, -0.15) is 0 Å². The molecule has 11 rings (SSSR count). The fourth-order valence-electron chi connectivity index (χ4n) is 9.19. The first-order valence-electron chi connectivity index (χ1n) is 20.4. The van der Waals surface area contributed by atoms with Gasteiger partial charge in [0.05, 0.1) is 17.6 Å². The van der Waals surface area contributed by atoms with Gasteiger partial charge in [-0.05, 0) is 94.2 Å². The van der Waals surface area contributed by atoms with Crippen molar-refractivity contribution in [2.75, 3.05) is 0 Å². The first-order valence-corrected chi connectivity index (χ1v) is 20.4. The second-order valence-electron chi connectivity index (χ2n) is 16.1. The minimum atomic E-state index is -0.0789. The maximum absolute atomic E-state index is 6.23. The van der Waals surface area contributed by atoms with E-state index < -0.39 is 0 Å². The molecule has 0 fully saturated rings. The van der Waals surface area contributed by atoms with Gasteiger partial charge in [0.25, 0.3) is 0 Å². The molecule has 0 aliphatic heterocycles. The van der Waals surface area contributed by atoms with E-state index >= 15 is 0 Å². The van der Waals surface area contributed by atoms with Crippen LogP contribution in [0, 0.1) is 0 Å². The number of para-hydroxylation sites is 2. The van der Waals surface area contributed by atoms with Crippen molar-refractivity contribution in [3.8, 4) is 27.9 Å². The minimum Gasteiger partial charge on any atom is -0.456 e. The highest BCUT2D eigenvalue weighted by molar-refractivity contribution is 6.15. The Morgan fingerprint density at radius 1 is 0.533 bits per heavy atom. The SMILES string of the molecule is C=NC(=NC(=NCc1cccc(-n2c3ccccc3c3cc4c(cc32)-c2ccccc2C4(C)C)c1)c1ccc(-c2ccccc2)cc1)c1ccc2c(c1)oc1ccccc12. The normalized spacial score (nSPS) is 13.6. The van der Waals surface area contributed by atoms with Crippen LogP contribution < -0.4 is 0 Å². The Morgan fingerprint density at radius 2 is 1.25 bits per heavy atom. The summed E-state index contributed by atoms with van der Waals surface area (Å²) < 4.78 is 8.63. The Balaban J connectivity index is 1.01. The number of hydrogen-bond donors (Lipinski definition) is 0. The van der Waals surface area contributed by atoms with Gasteiger partial charge in [0.15, 0.2) is 11.7 Å². The molecule has 286 valence electrons. The molecule has 0 bridgehead atoms. The molecular weight excluding hydrogens is 733 g/mol. The Hall–Kier alpha value is -7.63. The number of fused-ring (bicyclic) bond motifs is 9. The first kappa shape index (κ1) is 35.5. The van der Waals surface area contributed by atoms with Crippen molar-refractivity contribution in [3.63, 3.8) is 0 Å². The average molecular weight is 773 g/mol. The fourth-order valence-corrected chi connectivity index (χ4v) is 9.19. The predicted octanol–water partition coefficient (Wildman–Crippen LogP) is 13.8. The summed E-state index contributed by atoms with van der Waals surface area (Å²) in [4.78, 5) is 14.8. The minimum absolute atomic E-state index is 0.0789. The van der Waals surface area contributed by atoms with Gasteiger partial charge in [-0.15, -0.1) is 0 Å². The van der Waals surface area contributed by atoms with Gasteiger partial charge in [0.1, 0.15) is 11.2 Å². The maximum Gasteiger partial charge on any atom is 0.161 e. The number of nitrogens with zero attached hydrogens (tertiary/aromatic N) is 4. The van der Waals surface area contributed by atoms with Crippen molar-refractivity contribution in [3.05, 3.63) is 210 Å². The summed E-state index contributed by atoms with van der Waals surface area (Å²) in [6.45, 7) is 9.04. The summed E-state index contributed by atoms with van der Waals surface area (Å²) in [5.41, 5.74) is 15.4. The van der Waals surface area contributed by atoms with Crippen molar-refractivity contribution in [2.45, 2.75) is 25.8 Å². The zero-order chi connectivity index (χ0) is 40.4. The highest BCUT2D eigenvalue weighted by atomic mass is 16.3. The van der Waals surface area contributed by atoms with E-state index in [9.17, 15) is 0 Å². The molecule has 0 amide bonds. The van der Waals surface area contributed by atoms with Crippen LogP contribution in [0.4, 0.5) is 0 Å².